The van der Waals surface area contributed by atoms with E-state index in [1.54, 1.807) is 16.8 Å². The van der Waals surface area contributed by atoms with Crippen LogP contribution in [0.1, 0.15) is 37.3 Å². The first kappa shape index (κ1) is 35.3. The summed E-state index contributed by atoms with van der Waals surface area (Å²) in [7, 11) is -1.30. The number of carbonyl (C=O) groups excluding carboxylic acids is 3. The van der Waals surface area contributed by atoms with Gasteiger partial charge in [0.05, 0.1) is 31.5 Å². The summed E-state index contributed by atoms with van der Waals surface area (Å²) in [5.41, 5.74) is 1.38. The summed E-state index contributed by atoms with van der Waals surface area (Å²) in [6.07, 6.45) is 0.583. The van der Waals surface area contributed by atoms with Crippen LogP contribution in [-0.2, 0) is 31.3 Å². The van der Waals surface area contributed by atoms with Gasteiger partial charge in [-0.2, -0.15) is 0 Å². The van der Waals surface area contributed by atoms with Gasteiger partial charge in [-0.15, -0.1) is 0 Å². The number of aliphatic hydroxyl groups excluding tert-OH is 1. The van der Waals surface area contributed by atoms with Crippen LogP contribution in [0, 0.1) is 5.92 Å². The molecule has 2 spiro atoms. The van der Waals surface area contributed by atoms with Crippen molar-refractivity contribution in [1.29, 1.82) is 0 Å². The Morgan fingerprint density at radius 3 is 2.29 bits per heavy atom. The van der Waals surface area contributed by atoms with E-state index < -0.39 is 37.0 Å². The van der Waals surface area contributed by atoms with Gasteiger partial charge in [-0.05, 0) is 74.9 Å². The van der Waals surface area contributed by atoms with E-state index in [2.05, 4.69) is 10.2 Å². The van der Waals surface area contributed by atoms with Gasteiger partial charge in [-0.3, -0.25) is 19.3 Å². The SMILES string of the molecule is C[C@@H]1[C@@H]([Si](C)(C)O)[C@H](CC(=O)N(CCO)Cc2ccccc2)O[C@@]12C(=O)N(C)c1ccc(N3CN(c4ccccc4)C4(CCNCC4)C3=O)cc12. The summed E-state index contributed by atoms with van der Waals surface area (Å²) in [4.78, 5) is 61.9. The van der Waals surface area contributed by atoms with Crippen molar-refractivity contribution < 1.29 is 29.0 Å². The summed E-state index contributed by atoms with van der Waals surface area (Å²) in [5.74, 6) is -0.883. The number of carbonyl (C=O) groups is 3. The second-order valence-corrected chi connectivity index (χ2v) is 19.0. The molecule has 3 N–H and O–H groups in total. The number of piperidine rings is 1. The highest BCUT2D eigenvalue weighted by Crippen LogP contribution is 2.60. The Hall–Kier alpha value is -4.07. The molecule has 3 aromatic carbocycles. The zero-order valence-corrected chi connectivity index (χ0v) is 30.9. The van der Waals surface area contributed by atoms with Crippen molar-refractivity contribution in [2.24, 2.45) is 5.92 Å². The number of aliphatic hydroxyl groups is 1. The molecular formula is C39H49N5O6Si. The molecule has 270 valence electrons. The van der Waals surface area contributed by atoms with Crippen LogP contribution in [0.25, 0.3) is 0 Å². The summed E-state index contributed by atoms with van der Waals surface area (Å²) >= 11 is 0. The van der Waals surface area contributed by atoms with Gasteiger partial charge in [-0.1, -0.05) is 55.5 Å². The molecule has 0 radical (unpaired) electrons. The average Bonchev–Trinajstić information content (AvgIpc) is 3.66. The largest absolute Gasteiger partial charge is 0.432 e. The number of nitrogens with zero attached hydrogens (tertiary/aromatic N) is 4. The Kier molecular flexibility index (Phi) is 9.34. The van der Waals surface area contributed by atoms with Crippen LogP contribution >= 0.6 is 0 Å². The van der Waals surface area contributed by atoms with E-state index in [1.807, 2.05) is 104 Å². The van der Waals surface area contributed by atoms with Crippen LogP contribution in [-0.4, -0.2) is 92.4 Å². The molecule has 4 aliphatic heterocycles. The molecule has 0 bridgehead atoms. The smallest absolute Gasteiger partial charge is 0.264 e. The monoisotopic (exact) mass is 711 g/mol. The fraction of sp³-hybridized carbons (Fsp3) is 0.462. The number of fused-ring (bicyclic) bond motifs is 2. The third-order valence-corrected chi connectivity index (χ3v) is 14.2. The summed E-state index contributed by atoms with van der Waals surface area (Å²) in [6.45, 7) is 7.76. The first-order valence-corrected chi connectivity index (χ1v) is 21.1. The quantitative estimate of drug-likeness (QED) is 0.287. The number of ether oxygens (including phenoxy) is 1. The van der Waals surface area contributed by atoms with Crippen molar-refractivity contribution in [2.75, 3.05) is 54.7 Å². The minimum atomic E-state index is -3.03. The predicted molar refractivity (Wildman–Crippen MR) is 199 cm³/mol. The Morgan fingerprint density at radius 2 is 1.65 bits per heavy atom. The summed E-state index contributed by atoms with van der Waals surface area (Å²) in [5, 5.41) is 13.3. The predicted octanol–water partition coefficient (Wildman–Crippen LogP) is 3.80. The maximum Gasteiger partial charge on any atom is 0.264 e. The third-order valence-electron chi connectivity index (χ3n) is 11.7. The molecule has 0 saturated carbocycles. The number of anilines is 3. The molecule has 4 atom stereocenters. The van der Waals surface area contributed by atoms with Gasteiger partial charge in [0.2, 0.25) is 5.91 Å². The van der Waals surface area contributed by atoms with E-state index in [0.717, 1.165) is 24.3 Å². The van der Waals surface area contributed by atoms with E-state index >= 15 is 0 Å². The summed E-state index contributed by atoms with van der Waals surface area (Å²) < 4.78 is 6.92. The molecule has 3 amide bonds. The van der Waals surface area contributed by atoms with Crippen molar-refractivity contribution in [2.45, 2.75) is 68.6 Å². The normalized spacial score (nSPS) is 25.7. The number of rotatable bonds is 9. The van der Waals surface area contributed by atoms with Crippen LogP contribution in [0.4, 0.5) is 17.1 Å². The van der Waals surface area contributed by atoms with Crippen LogP contribution < -0.4 is 20.0 Å². The van der Waals surface area contributed by atoms with Crippen LogP contribution in [0.3, 0.4) is 0 Å². The van der Waals surface area contributed by atoms with E-state index in [-0.39, 0.29) is 37.3 Å². The van der Waals surface area contributed by atoms with Gasteiger partial charge in [0.1, 0.15) is 5.54 Å². The molecule has 3 saturated heterocycles. The maximum absolute atomic E-state index is 14.5. The van der Waals surface area contributed by atoms with Gasteiger partial charge in [0, 0.05) is 48.5 Å². The highest BCUT2D eigenvalue weighted by molar-refractivity contribution is 6.71. The number of benzene rings is 3. The van der Waals surface area contributed by atoms with Gasteiger partial charge in [0.25, 0.3) is 11.8 Å². The number of amides is 3. The lowest BCUT2D eigenvalue weighted by Crippen LogP contribution is -2.55. The Balaban J connectivity index is 1.24. The standard InChI is InChI=1S/C39H49N5O6Si/c1-27-35(51(3,4)49)33(24-34(46)42(21-22-45)25-28-11-7-5-8-12-28)50-39(27)31-23-30(15-16-32(31)41(2)37(39)48)43-26-44(29-13-9-6-10-14-29)38(36(43)47)17-19-40-20-18-38/h5-16,23,27,33,35,40,45,49H,17-22,24-26H2,1-4H3/t27-,33+,35-,39+/m1/s1. The van der Waals surface area contributed by atoms with Gasteiger partial charge in [0.15, 0.2) is 13.9 Å². The van der Waals surface area contributed by atoms with E-state index in [1.165, 1.54) is 0 Å². The molecular weight excluding hydrogens is 663 g/mol. The number of likely N-dealkylation sites (N-methyl/N-ethyl adjacent to an activating group) is 1. The second kappa shape index (κ2) is 13.5. The molecule has 0 unspecified atom stereocenters. The summed E-state index contributed by atoms with van der Waals surface area (Å²) in [6, 6.07) is 25.4. The van der Waals surface area contributed by atoms with Gasteiger partial charge < -0.3 is 34.7 Å². The minimum Gasteiger partial charge on any atom is -0.432 e. The molecule has 3 fully saturated rings. The molecule has 3 aromatic rings. The van der Waals surface area contributed by atoms with Crippen molar-refractivity contribution >= 4 is 43.1 Å². The first-order chi connectivity index (χ1) is 24.4. The topological polar surface area (TPSA) is 126 Å². The van der Waals surface area contributed by atoms with Crippen molar-refractivity contribution in [3.8, 4) is 0 Å². The number of para-hydroxylation sites is 1. The second-order valence-electron chi connectivity index (χ2n) is 15.1. The minimum absolute atomic E-state index is 0.0348. The lowest BCUT2D eigenvalue weighted by molar-refractivity contribution is -0.149. The highest BCUT2D eigenvalue weighted by Gasteiger charge is 2.66. The highest BCUT2D eigenvalue weighted by atomic mass is 28.4. The molecule has 4 heterocycles. The maximum atomic E-state index is 14.5. The molecule has 0 aromatic heterocycles. The van der Waals surface area contributed by atoms with Crippen LogP contribution in [0.2, 0.25) is 18.6 Å². The molecule has 4 aliphatic rings. The lowest BCUT2D eigenvalue weighted by Gasteiger charge is -2.39. The van der Waals surface area contributed by atoms with Gasteiger partial charge >= 0.3 is 0 Å². The fourth-order valence-corrected chi connectivity index (χ4v) is 11.8. The zero-order chi connectivity index (χ0) is 36.1. The van der Waals surface area contributed by atoms with E-state index in [0.29, 0.717) is 43.0 Å². The fourth-order valence-electron chi connectivity index (χ4n) is 9.22. The van der Waals surface area contributed by atoms with Crippen LogP contribution in [0.5, 0.6) is 0 Å². The number of hydrogen-bond acceptors (Lipinski definition) is 8. The molecule has 11 nitrogen and oxygen atoms in total. The Labute approximate surface area is 300 Å². The van der Waals surface area contributed by atoms with Gasteiger partial charge in [-0.25, -0.2) is 0 Å². The molecule has 7 rings (SSSR count). The van der Waals surface area contributed by atoms with E-state index in [4.69, 9.17) is 4.74 Å². The van der Waals surface area contributed by atoms with Crippen LogP contribution in [0.15, 0.2) is 78.9 Å². The van der Waals surface area contributed by atoms with Crippen molar-refractivity contribution in [1.82, 2.24) is 10.2 Å². The molecule has 0 aliphatic carbocycles. The van der Waals surface area contributed by atoms with E-state index in [9.17, 15) is 24.3 Å². The van der Waals surface area contributed by atoms with Crippen molar-refractivity contribution in [3.63, 3.8) is 0 Å². The lowest BCUT2D eigenvalue weighted by atomic mass is 9.82. The number of nitrogens with one attached hydrogen (secondary N) is 1. The zero-order valence-electron chi connectivity index (χ0n) is 29.9. The molecule has 51 heavy (non-hydrogen) atoms. The molecule has 12 heteroatoms. The average molecular weight is 712 g/mol. The van der Waals surface area contributed by atoms with Crippen molar-refractivity contribution in [3.05, 3.63) is 90.0 Å². The Bertz CT molecular complexity index is 1780. The Morgan fingerprint density at radius 1 is 0.980 bits per heavy atom. The first-order valence-electron chi connectivity index (χ1n) is 18.0. The number of hydrogen-bond donors (Lipinski definition) is 3. The third kappa shape index (κ3) is 5.86.